The van der Waals surface area contributed by atoms with Gasteiger partial charge in [0.15, 0.2) is 17.9 Å². The van der Waals surface area contributed by atoms with Gasteiger partial charge in [0.25, 0.3) is 0 Å². The number of aldehydes is 1. The summed E-state index contributed by atoms with van der Waals surface area (Å²) < 4.78 is 25.5. The molecule has 1 aromatic rings. The van der Waals surface area contributed by atoms with Gasteiger partial charge in [0.1, 0.15) is 6.61 Å². The molecule has 2 aliphatic rings. The molecule has 1 saturated carbocycles. The molecule has 1 aliphatic carbocycles. The number of para-hydroxylation sites is 1. The number of rotatable bonds is 4. The van der Waals surface area contributed by atoms with Crippen molar-refractivity contribution in [2.75, 3.05) is 6.61 Å². The predicted octanol–water partition coefficient (Wildman–Crippen LogP) is 3.90. The second kappa shape index (κ2) is 6.14. The van der Waals surface area contributed by atoms with Crippen LogP contribution in [-0.2, 0) is 4.74 Å². The van der Waals surface area contributed by atoms with Crippen LogP contribution in [0.3, 0.4) is 0 Å². The molecule has 1 aromatic carbocycles. The monoisotopic (exact) mass is 292 g/mol. The highest BCUT2D eigenvalue weighted by molar-refractivity contribution is 5.79. The number of benzene rings is 1. The Morgan fingerprint density at radius 2 is 2.10 bits per heavy atom. The molecule has 2 fully saturated rings. The van der Waals surface area contributed by atoms with E-state index in [9.17, 15) is 9.18 Å². The van der Waals surface area contributed by atoms with E-state index in [1.165, 1.54) is 31.4 Å². The molecule has 1 saturated heterocycles. The second-order valence-electron chi connectivity index (χ2n) is 6.11. The number of carbonyl (C=O) groups excluding carboxylic acids is 1. The lowest BCUT2D eigenvalue weighted by atomic mass is 9.83. The maximum Gasteiger partial charge on any atom is 0.165 e. The van der Waals surface area contributed by atoms with Crippen LogP contribution in [0.15, 0.2) is 18.2 Å². The molecule has 114 valence electrons. The molecule has 0 radical (unpaired) electrons. The first-order valence-electron chi connectivity index (χ1n) is 7.77. The Labute approximate surface area is 124 Å². The van der Waals surface area contributed by atoms with Gasteiger partial charge in [-0.2, -0.15) is 0 Å². The third-order valence-electron chi connectivity index (χ3n) is 4.64. The molecule has 21 heavy (non-hydrogen) atoms. The van der Waals surface area contributed by atoms with Gasteiger partial charge in [0.05, 0.1) is 17.3 Å². The van der Waals surface area contributed by atoms with Gasteiger partial charge in [-0.25, -0.2) is 4.39 Å². The highest BCUT2D eigenvalue weighted by Crippen LogP contribution is 2.42. The lowest BCUT2D eigenvalue weighted by molar-refractivity contribution is -0.0751. The summed E-state index contributed by atoms with van der Waals surface area (Å²) in [5, 5.41) is 0. The lowest BCUT2D eigenvalue weighted by Gasteiger charge is -2.33. The van der Waals surface area contributed by atoms with Gasteiger partial charge in [-0.3, -0.25) is 4.79 Å². The molecule has 1 unspecified atom stereocenters. The molecule has 0 N–H and O–H groups in total. The van der Waals surface area contributed by atoms with Crippen LogP contribution in [-0.4, -0.2) is 24.6 Å². The predicted molar refractivity (Wildman–Crippen MR) is 77.2 cm³/mol. The van der Waals surface area contributed by atoms with E-state index in [2.05, 4.69) is 0 Å². The quantitative estimate of drug-likeness (QED) is 0.790. The molecule has 1 atom stereocenters. The first-order chi connectivity index (χ1) is 10.2. The highest BCUT2D eigenvalue weighted by atomic mass is 19.1. The molecule has 3 nitrogen and oxygen atoms in total. The number of hydrogen-bond acceptors (Lipinski definition) is 3. The summed E-state index contributed by atoms with van der Waals surface area (Å²) >= 11 is 0. The van der Waals surface area contributed by atoms with Crippen molar-refractivity contribution in [3.05, 3.63) is 29.6 Å². The van der Waals surface area contributed by atoms with Gasteiger partial charge in [0.2, 0.25) is 0 Å². The summed E-state index contributed by atoms with van der Waals surface area (Å²) in [6.07, 6.45) is 8.66. The van der Waals surface area contributed by atoms with Gasteiger partial charge >= 0.3 is 0 Å². The minimum Gasteiger partial charge on any atom is -0.487 e. The summed E-state index contributed by atoms with van der Waals surface area (Å²) in [6.45, 7) is 0.309. The fourth-order valence-corrected chi connectivity index (χ4v) is 3.52. The van der Waals surface area contributed by atoms with Crippen molar-refractivity contribution in [2.24, 2.45) is 0 Å². The summed E-state index contributed by atoms with van der Waals surface area (Å²) in [7, 11) is 0. The SMILES string of the molecule is O=Cc1cccc(F)c1OCC1CCC2(CCCCC2)O1. The Hall–Kier alpha value is -1.42. The summed E-state index contributed by atoms with van der Waals surface area (Å²) in [5.74, 6) is -0.453. The topological polar surface area (TPSA) is 35.5 Å². The van der Waals surface area contributed by atoms with E-state index in [0.29, 0.717) is 12.9 Å². The van der Waals surface area contributed by atoms with E-state index in [1.807, 2.05) is 0 Å². The van der Waals surface area contributed by atoms with E-state index >= 15 is 0 Å². The van der Waals surface area contributed by atoms with Crippen molar-refractivity contribution in [2.45, 2.75) is 56.7 Å². The first-order valence-corrected chi connectivity index (χ1v) is 7.77. The fraction of sp³-hybridized carbons (Fsp3) is 0.588. The van der Waals surface area contributed by atoms with E-state index in [0.717, 1.165) is 25.7 Å². The molecular weight excluding hydrogens is 271 g/mol. The molecule has 4 heteroatoms. The lowest BCUT2D eigenvalue weighted by Crippen LogP contribution is -2.33. The van der Waals surface area contributed by atoms with Crippen molar-refractivity contribution in [1.82, 2.24) is 0 Å². The molecule has 1 aliphatic heterocycles. The van der Waals surface area contributed by atoms with Crippen LogP contribution >= 0.6 is 0 Å². The third kappa shape index (κ3) is 3.10. The molecule has 0 bridgehead atoms. The first kappa shape index (κ1) is 14.5. The van der Waals surface area contributed by atoms with Gasteiger partial charge in [-0.05, 0) is 37.8 Å². The average Bonchev–Trinajstić information content (AvgIpc) is 2.89. The summed E-state index contributed by atoms with van der Waals surface area (Å²) in [4.78, 5) is 10.9. The fourth-order valence-electron chi connectivity index (χ4n) is 3.52. The van der Waals surface area contributed by atoms with Crippen LogP contribution in [0.25, 0.3) is 0 Å². The van der Waals surface area contributed by atoms with E-state index in [-0.39, 0.29) is 23.0 Å². The Kier molecular flexibility index (Phi) is 4.24. The molecule has 0 amide bonds. The molecular formula is C17H21FO3. The van der Waals surface area contributed by atoms with E-state index < -0.39 is 5.82 Å². The minimum absolute atomic E-state index is 0.00204. The molecule has 1 spiro atoms. The molecule has 1 heterocycles. The van der Waals surface area contributed by atoms with Gasteiger partial charge in [-0.1, -0.05) is 25.3 Å². The molecule has 0 aromatic heterocycles. The number of ether oxygens (including phenoxy) is 2. The number of carbonyl (C=O) groups is 1. The average molecular weight is 292 g/mol. The van der Waals surface area contributed by atoms with Crippen molar-refractivity contribution < 1.29 is 18.7 Å². The Morgan fingerprint density at radius 3 is 2.86 bits per heavy atom. The smallest absolute Gasteiger partial charge is 0.165 e. The Balaban J connectivity index is 1.60. The van der Waals surface area contributed by atoms with Crippen LogP contribution in [0.5, 0.6) is 5.75 Å². The normalized spacial score (nSPS) is 24.1. The Morgan fingerprint density at radius 1 is 1.29 bits per heavy atom. The zero-order valence-electron chi connectivity index (χ0n) is 12.1. The van der Waals surface area contributed by atoms with Crippen molar-refractivity contribution in [3.63, 3.8) is 0 Å². The second-order valence-corrected chi connectivity index (χ2v) is 6.11. The summed E-state index contributed by atoms with van der Waals surface area (Å²) in [5.41, 5.74) is 0.287. The van der Waals surface area contributed by atoms with Gasteiger partial charge in [0, 0.05) is 0 Å². The maximum absolute atomic E-state index is 13.7. The number of hydrogen-bond donors (Lipinski definition) is 0. The van der Waals surface area contributed by atoms with Crippen LogP contribution in [0.4, 0.5) is 4.39 Å². The largest absolute Gasteiger partial charge is 0.487 e. The zero-order chi connectivity index (χ0) is 14.7. The Bertz CT molecular complexity index is 509. The van der Waals surface area contributed by atoms with Crippen LogP contribution in [0.1, 0.15) is 55.3 Å². The van der Waals surface area contributed by atoms with Crippen LogP contribution in [0, 0.1) is 5.82 Å². The van der Waals surface area contributed by atoms with Crippen molar-refractivity contribution >= 4 is 6.29 Å². The standard InChI is InChI=1S/C17H21FO3/c18-15-6-4-5-13(11-19)16(15)20-12-14-7-10-17(21-14)8-2-1-3-9-17/h4-6,11,14H,1-3,7-10,12H2. The van der Waals surface area contributed by atoms with E-state index in [1.54, 1.807) is 6.07 Å². The van der Waals surface area contributed by atoms with E-state index in [4.69, 9.17) is 9.47 Å². The number of halogens is 1. The maximum atomic E-state index is 13.7. The highest BCUT2D eigenvalue weighted by Gasteiger charge is 2.41. The minimum atomic E-state index is -0.495. The molecule has 3 rings (SSSR count). The van der Waals surface area contributed by atoms with Gasteiger partial charge in [-0.15, -0.1) is 0 Å². The van der Waals surface area contributed by atoms with Gasteiger partial charge < -0.3 is 9.47 Å². The van der Waals surface area contributed by atoms with Crippen molar-refractivity contribution in [1.29, 1.82) is 0 Å². The summed E-state index contributed by atoms with van der Waals surface area (Å²) in [6, 6.07) is 4.37. The third-order valence-corrected chi connectivity index (χ3v) is 4.64. The zero-order valence-corrected chi connectivity index (χ0v) is 12.1. The van der Waals surface area contributed by atoms with Crippen LogP contribution < -0.4 is 4.74 Å². The van der Waals surface area contributed by atoms with Crippen LogP contribution in [0.2, 0.25) is 0 Å². The van der Waals surface area contributed by atoms with Crippen molar-refractivity contribution in [3.8, 4) is 5.75 Å².